The second-order valence-electron chi connectivity index (χ2n) is 2.35. The molecule has 12 heavy (non-hydrogen) atoms. The molecule has 0 radical (unpaired) electrons. The van der Waals surface area contributed by atoms with Crippen molar-refractivity contribution in [2.24, 2.45) is 0 Å². The molecule has 0 heterocycles. The monoisotopic (exact) mass is 179 g/mol. The van der Waals surface area contributed by atoms with Crippen LogP contribution in [0.15, 0.2) is 35.8 Å². The van der Waals surface area contributed by atoms with Crippen molar-refractivity contribution < 1.29 is 5.41 Å². The number of rotatable bonds is 3. The van der Waals surface area contributed by atoms with Gasteiger partial charge in [-0.1, -0.05) is 6.08 Å². The van der Waals surface area contributed by atoms with Gasteiger partial charge >= 0.3 is 0 Å². The van der Waals surface area contributed by atoms with E-state index in [1.807, 2.05) is 18.2 Å². The molecule has 0 spiro atoms. The van der Waals surface area contributed by atoms with Gasteiger partial charge in [-0.25, -0.2) is 0 Å². The lowest BCUT2D eigenvalue weighted by atomic mass is 10.1. The fourth-order valence-corrected chi connectivity index (χ4v) is 1.47. The van der Waals surface area contributed by atoms with E-state index in [4.69, 9.17) is 10.8 Å². The van der Waals surface area contributed by atoms with Crippen LogP contribution in [0.4, 0.5) is 0 Å². The Kier molecular flexibility index (Phi) is 3.05. The van der Waals surface area contributed by atoms with Gasteiger partial charge in [-0.2, -0.15) is 0 Å². The quantitative estimate of drug-likeness (QED) is 0.483. The highest BCUT2D eigenvalue weighted by atomic mass is 32.2. The third-order valence-electron chi connectivity index (χ3n) is 1.39. The third-order valence-corrected chi connectivity index (χ3v) is 2.38. The first-order valence-electron chi connectivity index (χ1n) is 3.59. The first kappa shape index (κ1) is 9.00. The number of hydrogen-bond donors (Lipinski definition) is 2. The lowest BCUT2D eigenvalue weighted by Crippen LogP contribution is -2.43. The van der Waals surface area contributed by atoms with Gasteiger partial charge in [0.05, 0.1) is 0 Å². The maximum atomic E-state index is 7.34. The van der Waals surface area contributed by atoms with Crippen molar-refractivity contribution in [1.82, 2.24) is 0 Å². The van der Waals surface area contributed by atoms with Crippen LogP contribution in [0.2, 0.25) is 0 Å². The average molecular weight is 179 g/mol. The van der Waals surface area contributed by atoms with Crippen LogP contribution in [0.25, 0.3) is 0 Å². The summed E-state index contributed by atoms with van der Waals surface area (Å²) >= 11 is 1.66. The minimum Gasteiger partial charge on any atom is -0.295 e. The maximum Gasteiger partial charge on any atom is 0.222 e. The average Bonchev–Trinajstić information content (AvgIpc) is 2.07. The Labute approximate surface area is 76.1 Å². The summed E-state index contributed by atoms with van der Waals surface area (Å²) in [6, 6.07) is 0. The molecule has 0 unspecified atom stereocenters. The van der Waals surface area contributed by atoms with E-state index < -0.39 is 0 Å². The summed E-state index contributed by atoms with van der Waals surface area (Å²) < 4.78 is 0. The Morgan fingerprint density at radius 1 is 1.58 bits per heavy atom. The molecule has 62 valence electrons. The van der Waals surface area contributed by atoms with Crippen LogP contribution < -0.4 is 5.41 Å². The van der Waals surface area contributed by atoms with Crippen LogP contribution in [0.1, 0.15) is 0 Å². The number of allylic oxidation sites excluding steroid dienone is 3. The molecule has 3 N–H and O–H groups in total. The molecule has 0 atom stereocenters. The summed E-state index contributed by atoms with van der Waals surface area (Å²) in [6.45, 7) is 3.63. The van der Waals surface area contributed by atoms with Gasteiger partial charge in [0.1, 0.15) is 5.71 Å². The number of thioether (sulfide) groups is 1. The van der Waals surface area contributed by atoms with Crippen molar-refractivity contribution in [1.29, 1.82) is 5.41 Å². The predicted octanol–water partition coefficient (Wildman–Crippen LogP) is 0.579. The highest BCUT2D eigenvalue weighted by Gasteiger charge is 2.10. The lowest BCUT2D eigenvalue weighted by molar-refractivity contribution is -0.108. The molecular weight excluding hydrogens is 168 g/mol. The lowest BCUT2D eigenvalue weighted by Gasteiger charge is -2.02. The molecule has 0 aromatic carbocycles. The fraction of sp³-hybridized carbons (Fsp3) is 0.111. The molecular formula is C9H11N2S+. The second-order valence-corrected chi connectivity index (χ2v) is 3.44. The number of hydrogen-bond acceptors (Lipinski definition) is 2. The van der Waals surface area contributed by atoms with Gasteiger partial charge in [0.25, 0.3) is 0 Å². The van der Waals surface area contributed by atoms with Gasteiger partial charge in [-0.3, -0.25) is 10.8 Å². The summed E-state index contributed by atoms with van der Waals surface area (Å²) in [5, 5.41) is 12.9. The molecule has 0 aromatic heterocycles. The molecule has 1 aliphatic rings. The molecule has 0 amide bonds. The Hall–Kier alpha value is -1.09. The Balaban J connectivity index is 2.63. The minimum absolute atomic E-state index is 0.387. The zero-order valence-corrected chi connectivity index (χ0v) is 7.53. The maximum absolute atomic E-state index is 7.34. The Bertz CT molecular complexity index is 287. The summed E-state index contributed by atoms with van der Waals surface area (Å²) in [4.78, 5) is 1.09. The van der Waals surface area contributed by atoms with E-state index in [9.17, 15) is 0 Å². The largest absolute Gasteiger partial charge is 0.295 e. The zero-order chi connectivity index (χ0) is 8.97. The summed E-state index contributed by atoms with van der Waals surface area (Å²) in [5.74, 6) is 0.872. The molecule has 2 nitrogen and oxygen atoms in total. The van der Waals surface area contributed by atoms with Crippen LogP contribution in [0.3, 0.4) is 0 Å². The first-order chi connectivity index (χ1) is 5.74. The predicted molar refractivity (Wildman–Crippen MR) is 54.5 cm³/mol. The highest BCUT2D eigenvalue weighted by molar-refractivity contribution is 8.03. The SMILES string of the molecule is C=CCSC1=CC(=[NH2+])C(=N)C=C1. The molecule has 0 bridgehead atoms. The molecule has 0 saturated carbocycles. The van der Waals surface area contributed by atoms with E-state index in [-0.39, 0.29) is 0 Å². The van der Waals surface area contributed by atoms with Gasteiger partial charge in [0, 0.05) is 16.7 Å². The van der Waals surface area contributed by atoms with Crippen LogP contribution in [-0.4, -0.2) is 17.2 Å². The molecule has 1 rings (SSSR count). The number of nitrogens with two attached hydrogens (primary N) is 1. The van der Waals surface area contributed by atoms with Gasteiger partial charge in [-0.05, 0) is 12.2 Å². The number of nitrogens with one attached hydrogen (secondary N) is 1. The highest BCUT2D eigenvalue weighted by Crippen LogP contribution is 2.19. The molecule has 0 saturated heterocycles. The summed E-state index contributed by atoms with van der Waals surface area (Å²) in [5.41, 5.74) is 0.919. The van der Waals surface area contributed by atoms with Gasteiger partial charge in [0.15, 0.2) is 0 Å². The summed E-state index contributed by atoms with van der Waals surface area (Å²) in [7, 11) is 0. The van der Waals surface area contributed by atoms with Gasteiger partial charge in [0.2, 0.25) is 5.71 Å². The van der Waals surface area contributed by atoms with Gasteiger partial charge < -0.3 is 0 Å². The van der Waals surface area contributed by atoms with Crippen molar-refractivity contribution in [2.45, 2.75) is 0 Å². The van der Waals surface area contributed by atoms with Crippen LogP contribution >= 0.6 is 11.8 Å². The van der Waals surface area contributed by atoms with Crippen molar-refractivity contribution >= 4 is 23.2 Å². The van der Waals surface area contributed by atoms with Crippen LogP contribution in [0.5, 0.6) is 0 Å². The minimum atomic E-state index is 0.387. The molecule has 0 aromatic rings. The smallest absolute Gasteiger partial charge is 0.222 e. The van der Waals surface area contributed by atoms with Crippen molar-refractivity contribution in [3.8, 4) is 0 Å². The topological polar surface area (TPSA) is 49.4 Å². The standard InChI is InChI=1S/C9H10N2S/c1-2-5-12-7-3-4-8(10)9(11)6-7/h2-4,6,10-11H,1,5H2/p+1. The van der Waals surface area contributed by atoms with Crippen molar-refractivity contribution in [3.63, 3.8) is 0 Å². The van der Waals surface area contributed by atoms with E-state index in [0.717, 1.165) is 10.7 Å². The Morgan fingerprint density at radius 2 is 2.33 bits per heavy atom. The van der Waals surface area contributed by atoms with E-state index in [2.05, 4.69) is 6.58 Å². The van der Waals surface area contributed by atoms with Gasteiger partial charge in [-0.15, -0.1) is 18.3 Å². The molecule has 1 aliphatic carbocycles. The van der Waals surface area contributed by atoms with Crippen LogP contribution in [-0.2, 0) is 0 Å². The molecule has 3 heteroatoms. The Morgan fingerprint density at radius 3 is 2.92 bits per heavy atom. The summed E-state index contributed by atoms with van der Waals surface area (Å²) in [6.07, 6.45) is 7.26. The van der Waals surface area contributed by atoms with Crippen molar-refractivity contribution in [3.05, 3.63) is 35.8 Å². The van der Waals surface area contributed by atoms with E-state index in [0.29, 0.717) is 11.4 Å². The normalized spacial score (nSPS) is 16.2. The van der Waals surface area contributed by atoms with E-state index >= 15 is 0 Å². The second kappa shape index (κ2) is 4.07. The molecule has 0 fully saturated rings. The first-order valence-corrected chi connectivity index (χ1v) is 4.57. The van der Waals surface area contributed by atoms with E-state index in [1.165, 1.54) is 0 Å². The van der Waals surface area contributed by atoms with Crippen LogP contribution in [0, 0.1) is 5.41 Å². The van der Waals surface area contributed by atoms with Crippen molar-refractivity contribution in [2.75, 3.05) is 5.75 Å². The fourth-order valence-electron chi connectivity index (χ4n) is 0.786. The molecule has 0 aliphatic heterocycles. The van der Waals surface area contributed by atoms with E-state index in [1.54, 1.807) is 17.8 Å². The zero-order valence-electron chi connectivity index (χ0n) is 6.71. The third kappa shape index (κ3) is 2.20.